The third kappa shape index (κ3) is 4.70. The number of methoxy groups -OCH3 is 3. The Kier molecular flexibility index (Phi) is 7.53. The summed E-state index contributed by atoms with van der Waals surface area (Å²) < 4.78 is 15.0. The standard InChI is InChI=1S/C17H28O5/c1-9-12(13(20-6)16(2,3)4)10-11-17(5,14(18)21-7)15(19)22-8/h9-10,13H,1,11H2,2-8H3/b12-10+/t13-/m0/s1. The molecule has 0 N–H and O–H groups in total. The van der Waals surface area contributed by atoms with Gasteiger partial charge < -0.3 is 14.2 Å². The smallest absolute Gasteiger partial charge is 0.323 e. The van der Waals surface area contributed by atoms with Gasteiger partial charge >= 0.3 is 11.9 Å². The SMILES string of the molecule is C=C/C(=C\CC(C)(C(=O)OC)C(=O)OC)[C@H](OC)C(C)(C)C. The first-order chi connectivity index (χ1) is 10.1. The second-order valence-electron chi connectivity index (χ2n) is 6.41. The number of allylic oxidation sites excluding steroid dienone is 1. The number of esters is 2. The van der Waals surface area contributed by atoms with E-state index >= 15 is 0 Å². The Morgan fingerprint density at radius 1 is 1.05 bits per heavy atom. The Morgan fingerprint density at radius 3 is 1.77 bits per heavy atom. The highest BCUT2D eigenvalue weighted by Crippen LogP contribution is 2.31. The van der Waals surface area contributed by atoms with Crippen LogP contribution in [0.4, 0.5) is 0 Å². The first kappa shape index (κ1) is 20.4. The Labute approximate surface area is 133 Å². The summed E-state index contributed by atoms with van der Waals surface area (Å²) in [5.74, 6) is -1.27. The Hall–Kier alpha value is -1.62. The average Bonchev–Trinajstić information content (AvgIpc) is 2.47. The third-order valence-electron chi connectivity index (χ3n) is 3.58. The number of rotatable bonds is 7. The first-order valence-electron chi connectivity index (χ1n) is 7.10. The van der Waals surface area contributed by atoms with Crippen molar-refractivity contribution in [1.82, 2.24) is 0 Å². The van der Waals surface area contributed by atoms with Gasteiger partial charge in [-0.25, -0.2) is 0 Å². The van der Waals surface area contributed by atoms with Gasteiger partial charge in [-0.3, -0.25) is 9.59 Å². The van der Waals surface area contributed by atoms with Gasteiger partial charge in [-0.1, -0.05) is 39.5 Å². The van der Waals surface area contributed by atoms with Gasteiger partial charge in [-0.2, -0.15) is 0 Å². The molecule has 0 bridgehead atoms. The molecule has 0 amide bonds. The summed E-state index contributed by atoms with van der Waals surface area (Å²) in [7, 11) is 4.11. The molecular weight excluding hydrogens is 284 g/mol. The molecule has 0 aromatic heterocycles. The second-order valence-corrected chi connectivity index (χ2v) is 6.41. The van der Waals surface area contributed by atoms with E-state index in [0.717, 1.165) is 5.57 Å². The van der Waals surface area contributed by atoms with Crippen LogP contribution in [0.15, 0.2) is 24.3 Å². The molecule has 0 saturated carbocycles. The van der Waals surface area contributed by atoms with Crippen molar-refractivity contribution < 1.29 is 23.8 Å². The molecule has 22 heavy (non-hydrogen) atoms. The molecule has 0 fully saturated rings. The molecule has 0 heterocycles. The molecule has 0 saturated heterocycles. The quantitative estimate of drug-likeness (QED) is 0.411. The van der Waals surface area contributed by atoms with E-state index in [1.54, 1.807) is 19.3 Å². The second kappa shape index (κ2) is 8.13. The maximum absolute atomic E-state index is 12.0. The summed E-state index contributed by atoms with van der Waals surface area (Å²) in [6, 6.07) is 0. The zero-order valence-electron chi connectivity index (χ0n) is 14.7. The van der Waals surface area contributed by atoms with E-state index in [2.05, 4.69) is 6.58 Å². The maximum atomic E-state index is 12.0. The van der Waals surface area contributed by atoms with Gasteiger partial charge in [0.1, 0.15) is 0 Å². The van der Waals surface area contributed by atoms with Crippen LogP contribution in [0.25, 0.3) is 0 Å². The fourth-order valence-corrected chi connectivity index (χ4v) is 2.31. The zero-order chi connectivity index (χ0) is 17.6. The molecule has 0 aromatic carbocycles. The molecule has 0 aliphatic heterocycles. The van der Waals surface area contributed by atoms with E-state index in [9.17, 15) is 9.59 Å². The summed E-state index contributed by atoms with van der Waals surface area (Å²) >= 11 is 0. The van der Waals surface area contributed by atoms with Crippen molar-refractivity contribution in [2.24, 2.45) is 10.8 Å². The summed E-state index contributed by atoms with van der Waals surface area (Å²) in [4.78, 5) is 23.9. The summed E-state index contributed by atoms with van der Waals surface area (Å²) in [5, 5.41) is 0. The molecule has 1 atom stereocenters. The highest BCUT2D eigenvalue weighted by molar-refractivity contribution is 5.99. The Morgan fingerprint density at radius 2 is 1.50 bits per heavy atom. The Balaban J connectivity index is 5.58. The third-order valence-corrected chi connectivity index (χ3v) is 3.58. The number of ether oxygens (including phenoxy) is 3. The van der Waals surface area contributed by atoms with Crippen molar-refractivity contribution in [3.63, 3.8) is 0 Å². The van der Waals surface area contributed by atoms with Gasteiger partial charge in [0.25, 0.3) is 0 Å². The molecule has 0 unspecified atom stereocenters. The van der Waals surface area contributed by atoms with E-state index < -0.39 is 17.4 Å². The molecular formula is C17H28O5. The van der Waals surface area contributed by atoms with Crippen LogP contribution < -0.4 is 0 Å². The highest BCUT2D eigenvalue weighted by atomic mass is 16.5. The molecule has 0 aliphatic rings. The van der Waals surface area contributed by atoms with Crippen LogP contribution in [0.1, 0.15) is 34.1 Å². The van der Waals surface area contributed by atoms with Gasteiger partial charge in [0.05, 0.1) is 20.3 Å². The van der Waals surface area contributed by atoms with Crippen molar-refractivity contribution in [3.8, 4) is 0 Å². The average molecular weight is 312 g/mol. The molecule has 126 valence electrons. The fraction of sp³-hybridized carbons (Fsp3) is 0.647. The van der Waals surface area contributed by atoms with E-state index in [0.29, 0.717) is 0 Å². The van der Waals surface area contributed by atoms with Crippen LogP contribution in [0, 0.1) is 10.8 Å². The lowest BCUT2D eigenvalue weighted by Crippen LogP contribution is -2.38. The van der Waals surface area contributed by atoms with Gasteiger partial charge in [0.15, 0.2) is 5.41 Å². The predicted molar refractivity (Wildman–Crippen MR) is 85.3 cm³/mol. The lowest BCUT2D eigenvalue weighted by atomic mass is 9.81. The molecule has 0 spiro atoms. The van der Waals surface area contributed by atoms with E-state index in [4.69, 9.17) is 14.2 Å². The number of carbonyl (C=O) groups excluding carboxylic acids is 2. The molecule has 5 nitrogen and oxygen atoms in total. The fourth-order valence-electron chi connectivity index (χ4n) is 2.31. The maximum Gasteiger partial charge on any atom is 0.323 e. The van der Waals surface area contributed by atoms with Gasteiger partial charge in [-0.15, -0.1) is 0 Å². The van der Waals surface area contributed by atoms with Crippen molar-refractivity contribution in [3.05, 3.63) is 24.3 Å². The van der Waals surface area contributed by atoms with E-state index in [1.807, 2.05) is 20.8 Å². The van der Waals surface area contributed by atoms with Crippen LogP contribution in [-0.2, 0) is 23.8 Å². The molecule has 0 radical (unpaired) electrons. The molecule has 0 aromatic rings. The molecule has 5 heteroatoms. The van der Waals surface area contributed by atoms with Gasteiger partial charge in [0.2, 0.25) is 0 Å². The van der Waals surface area contributed by atoms with Crippen LogP contribution >= 0.6 is 0 Å². The van der Waals surface area contributed by atoms with Gasteiger partial charge in [-0.05, 0) is 24.3 Å². The van der Waals surface area contributed by atoms with Crippen LogP contribution in [0.5, 0.6) is 0 Å². The highest BCUT2D eigenvalue weighted by Gasteiger charge is 2.43. The van der Waals surface area contributed by atoms with Crippen molar-refractivity contribution >= 4 is 11.9 Å². The number of hydrogen-bond acceptors (Lipinski definition) is 5. The number of hydrogen-bond donors (Lipinski definition) is 0. The predicted octanol–water partition coefficient (Wildman–Crippen LogP) is 2.90. The molecule has 0 rings (SSSR count). The normalized spacial score (nSPS) is 14.2. The van der Waals surface area contributed by atoms with Crippen molar-refractivity contribution in [2.75, 3.05) is 21.3 Å². The lowest BCUT2D eigenvalue weighted by molar-refractivity contribution is -0.167. The lowest BCUT2D eigenvalue weighted by Gasteiger charge is -2.31. The summed E-state index contributed by atoms with van der Waals surface area (Å²) in [5.41, 5.74) is -0.732. The minimum absolute atomic E-state index is 0.143. The first-order valence-corrected chi connectivity index (χ1v) is 7.10. The Bertz CT molecular complexity index is 426. The number of carbonyl (C=O) groups is 2. The largest absolute Gasteiger partial charge is 0.468 e. The topological polar surface area (TPSA) is 61.8 Å². The minimum atomic E-state index is -1.39. The van der Waals surface area contributed by atoms with Crippen molar-refractivity contribution in [1.29, 1.82) is 0 Å². The minimum Gasteiger partial charge on any atom is -0.468 e. The van der Waals surface area contributed by atoms with Crippen LogP contribution in [0.3, 0.4) is 0 Å². The van der Waals surface area contributed by atoms with Crippen molar-refractivity contribution in [2.45, 2.75) is 40.2 Å². The summed E-state index contributed by atoms with van der Waals surface area (Å²) in [6.45, 7) is 11.4. The van der Waals surface area contributed by atoms with Crippen LogP contribution in [0.2, 0.25) is 0 Å². The summed E-state index contributed by atoms with van der Waals surface area (Å²) in [6.07, 6.45) is 3.39. The van der Waals surface area contributed by atoms with Gasteiger partial charge in [0, 0.05) is 7.11 Å². The monoisotopic (exact) mass is 312 g/mol. The van der Waals surface area contributed by atoms with E-state index in [1.165, 1.54) is 21.1 Å². The van der Waals surface area contributed by atoms with Crippen LogP contribution in [-0.4, -0.2) is 39.4 Å². The zero-order valence-corrected chi connectivity index (χ0v) is 14.7. The van der Waals surface area contributed by atoms with E-state index in [-0.39, 0.29) is 17.9 Å². The molecule has 0 aliphatic carbocycles.